The van der Waals surface area contributed by atoms with Crippen LogP contribution in [0, 0.1) is 0 Å². The van der Waals surface area contributed by atoms with Crippen LogP contribution in [-0.2, 0) is 4.57 Å². The average Bonchev–Trinajstić information content (AvgIpc) is 3.69. The molecule has 1 aromatic carbocycles. The number of benzene rings is 1. The lowest BCUT2D eigenvalue weighted by Crippen LogP contribution is -2.10. The van der Waals surface area contributed by atoms with Gasteiger partial charge in [-0.3, -0.25) is 5.32 Å². The van der Waals surface area contributed by atoms with Crippen molar-refractivity contribution in [3.05, 3.63) is 53.8 Å². The molecule has 0 amide bonds. The normalized spacial score (nSPS) is 12.8. The van der Waals surface area contributed by atoms with E-state index in [1.54, 1.807) is 19.4 Å². The number of ether oxygens (including phenoxy) is 1. The number of aromatic nitrogens is 5. The van der Waals surface area contributed by atoms with Gasteiger partial charge in [-0.1, -0.05) is 25.4 Å². The fraction of sp³-hybridized carbons (Fsp3) is 0.320. The number of hydrogen-bond donors (Lipinski definition) is 4. The maximum Gasteiger partial charge on any atom is 0.231 e. The Bertz CT molecular complexity index is 1450. The fourth-order valence-corrected chi connectivity index (χ4v) is 5.65. The number of nitrogens with one attached hydrogen (secondary N) is 2. The fourth-order valence-electron chi connectivity index (χ4n) is 3.63. The molecule has 0 saturated heterocycles. The van der Waals surface area contributed by atoms with Crippen molar-refractivity contribution in [2.45, 2.75) is 32.6 Å². The van der Waals surface area contributed by atoms with E-state index in [2.05, 4.69) is 35.6 Å². The second kappa shape index (κ2) is 12.3. The van der Waals surface area contributed by atoms with Crippen molar-refractivity contribution in [1.29, 1.82) is 0 Å². The molecule has 0 radical (unpaired) electrons. The van der Waals surface area contributed by atoms with Crippen LogP contribution in [0.2, 0.25) is 5.02 Å². The Morgan fingerprint density at radius 1 is 1.08 bits per heavy atom. The quantitative estimate of drug-likeness (QED) is 0.194. The van der Waals surface area contributed by atoms with Gasteiger partial charge in [0.15, 0.2) is 11.7 Å². The van der Waals surface area contributed by atoms with Crippen LogP contribution in [0.15, 0.2) is 47.3 Å². The summed E-state index contributed by atoms with van der Waals surface area (Å²) in [6.07, 6.45) is 8.07. The molecule has 0 aliphatic heterocycles. The van der Waals surface area contributed by atoms with Gasteiger partial charge in [-0.15, -0.1) is 0 Å². The van der Waals surface area contributed by atoms with Gasteiger partial charge in [0.25, 0.3) is 0 Å². The molecule has 0 bridgehead atoms. The largest absolute Gasteiger partial charge is 0.495 e. The molecule has 3 aromatic heterocycles. The number of halogens is 1. The molecule has 14 heteroatoms. The maximum absolute atomic E-state index is 13.1. The summed E-state index contributed by atoms with van der Waals surface area (Å²) in [5, 5.41) is 7.34. The van der Waals surface area contributed by atoms with Crippen LogP contribution in [0.4, 0.5) is 35.1 Å². The van der Waals surface area contributed by atoms with Crippen LogP contribution in [-0.4, -0.2) is 44.4 Å². The van der Waals surface area contributed by atoms with Crippen LogP contribution in [0.5, 0.6) is 5.75 Å². The van der Waals surface area contributed by atoms with Crippen LogP contribution < -0.4 is 32.1 Å². The molecular formula is C25H31ClN9O3P. The van der Waals surface area contributed by atoms with Gasteiger partial charge >= 0.3 is 0 Å². The minimum absolute atomic E-state index is 0.213. The van der Waals surface area contributed by atoms with Gasteiger partial charge in [-0.2, -0.15) is 9.97 Å². The summed E-state index contributed by atoms with van der Waals surface area (Å²) in [7, 11) is -0.846. The SMILES string of the molecule is CCP(=O)(CC)c1ccc(Nc2nc(Nc3cnc(C4CC4)o3)ncc2Cl)c(OC)c1.Nc1ccnc(N)n1. The van der Waals surface area contributed by atoms with Gasteiger partial charge in [0, 0.05) is 29.7 Å². The molecule has 1 aliphatic rings. The van der Waals surface area contributed by atoms with Crippen LogP contribution >= 0.6 is 18.7 Å². The number of anilines is 6. The minimum Gasteiger partial charge on any atom is -0.495 e. The van der Waals surface area contributed by atoms with Crippen molar-refractivity contribution in [3.63, 3.8) is 0 Å². The molecule has 4 aromatic rings. The van der Waals surface area contributed by atoms with Crippen LogP contribution in [0.1, 0.15) is 38.5 Å². The average molecular weight is 572 g/mol. The first kappa shape index (κ1) is 28.1. The van der Waals surface area contributed by atoms with E-state index in [1.165, 1.54) is 12.4 Å². The Morgan fingerprint density at radius 2 is 1.85 bits per heavy atom. The van der Waals surface area contributed by atoms with Gasteiger partial charge in [0.1, 0.15) is 23.7 Å². The molecule has 1 aliphatic carbocycles. The third-order valence-electron chi connectivity index (χ3n) is 6.06. The molecule has 1 fully saturated rings. The molecule has 12 nitrogen and oxygen atoms in total. The van der Waals surface area contributed by atoms with Gasteiger partial charge in [-0.25, -0.2) is 15.0 Å². The maximum atomic E-state index is 13.1. The van der Waals surface area contributed by atoms with Crippen LogP contribution in [0.25, 0.3) is 0 Å². The Kier molecular flexibility index (Phi) is 8.88. The smallest absolute Gasteiger partial charge is 0.231 e. The second-order valence-electron chi connectivity index (χ2n) is 8.72. The molecule has 0 spiro atoms. The zero-order valence-corrected chi connectivity index (χ0v) is 23.5. The van der Waals surface area contributed by atoms with E-state index >= 15 is 0 Å². The summed E-state index contributed by atoms with van der Waals surface area (Å²) >= 11 is 6.31. The summed E-state index contributed by atoms with van der Waals surface area (Å²) in [5.74, 6) is 3.53. The highest BCUT2D eigenvalue weighted by Crippen LogP contribution is 2.45. The number of rotatable bonds is 9. The minimum atomic E-state index is -2.42. The summed E-state index contributed by atoms with van der Waals surface area (Å²) in [4.78, 5) is 20.2. The molecule has 206 valence electrons. The first-order chi connectivity index (χ1) is 18.7. The monoisotopic (exact) mass is 571 g/mol. The van der Waals surface area contributed by atoms with Gasteiger partial charge in [0.05, 0.1) is 25.2 Å². The number of nitrogen functional groups attached to an aromatic ring is 2. The lowest BCUT2D eigenvalue weighted by atomic mass is 10.3. The Hall–Kier alpha value is -3.89. The molecule has 0 atom stereocenters. The number of hydrogen-bond acceptors (Lipinski definition) is 12. The standard InChI is InChI=1S/C21H25ClN5O3P.C4H6N4/c1-4-31(28,5-2)14-8-9-16(17(10-14)29-3)25-19-15(22)11-24-21(27-19)26-18-12-23-20(30-18)13-6-7-13;5-3-1-2-7-4(6)8-3/h8-13H,4-7H2,1-3H3,(H2,24,25,26,27);1-2H,(H4,5,6,7,8). The number of nitrogens with zero attached hydrogens (tertiary/aromatic N) is 5. The van der Waals surface area contributed by atoms with E-state index in [9.17, 15) is 4.57 Å². The van der Waals surface area contributed by atoms with Crippen molar-refractivity contribution in [2.75, 3.05) is 41.5 Å². The number of methoxy groups -OCH3 is 1. The van der Waals surface area contributed by atoms with Crippen molar-refractivity contribution < 1.29 is 13.7 Å². The molecular weight excluding hydrogens is 541 g/mol. The molecule has 6 N–H and O–H groups in total. The number of nitrogens with two attached hydrogens (primary N) is 2. The highest BCUT2D eigenvalue weighted by Gasteiger charge is 2.28. The lowest BCUT2D eigenvalue weighted by molar-refractivity contribution is 0.417. The lowest BCUT2D eigenvalue weighted by Gasteiger charge is -2.18. The Morgan fingerprint density at radius 3 is 2.46 bits per heavy atom. The highest BCUT2D eigenvalue weighted by molar-refractivity contribution is 7.71. The molecule has 1 saturated carbocycles. The van der Waals surface area contributed by atoms with E-state index in [0.29, 0.717) is 58.2 Å². The zero-order chi connectivity index (χ0) is 28.0. The zero-order valence-electron chi connectivity index (χ0n) is 21.9. The summed E-state index contributed by atoms with van der Waals surface area (Å²) in [6.45, 7) is 3.89. The predicted octanol–water partition coefficient (Wildman–Crippen LogP) is 5.16. The molecule has 3 heterocycles. The third kappa shape index (κ3) is 7.15. The summed E-state index contributed by atoms with van der Waals surface area (Å²) < 4.78 is 24.3. The second-order valence-corrected chi connectivity index (χ2v) is 12.7. The third-order valence-corrected chi connectivity index (χ3v) is 9.59. The Balaban J connectivity index is 0.000000379. The van der Waals surface area contributed by atoms with Gasteiger partial charge < -0.3 is 30.5 Å². The highest BCUT2D eigenvalue weighted by atomic mass is 35.5. The molecule has 5 rings (SSSR count). The predicted molar refractivity (Wildman–Crippen MR) is 154 cm³/mol. The van der Waals surface area contributed by atoms with E-state index in [4.69, 9.17) is 32.2 Å². The molecule has 0 unspecified atom stereocenters. The van der Waals surface area contributed by atoms with E-state index in [0.717, 1.165) is 24.0 Å². The van der Waals surface area contributed by atoms with E-state index < -0.39 is 7.14 Å². The summed E-state index contributed by atoms with van der Waals surface area (Å²) in [6, 6.07) is 7.09. The van der Waals surface area contributed by atoms with E-state index in [1.807, 2.05) is 32.0 Å². The Labute approximate surface area is 231 Å². The van der Waals surface area contributed by atoms with Crippen molar-refractivity contribution >= 4 is 59.2 Å². The summed E-state index contributed by atoms with van der Waals surface area (Å²) in [5.41, 5.74) is 11.0. The van der Waals surface area contributed by atoms with Gasteiger partial charge in [-0.05, 0) is 37.1 Å². The molecule has 39 heavy (non-hydrogen) atoms. The van der Waals surface area contributed by atoms with Gasteiger partial charge in [0.2, 0.25) is 17.8 Å². The first-order valence-corrected chi connectivity index (χ1v) is 14.8. The van der Waals surface area contributed by atoms with Crippen molar-refractivity contribution in [1.82, 2.24) is 24.9 Å². The van der Waals surface area contributed by atoms with Crippen molar-refractivity contribution in [3.8, 4) is 5.75 Å². The number of oxazole rings is 1. The van der Waals surface area contributed by atoms with E-state index in [-0.39, 0.29) is 5.95 Å². The first-order valence-electron chi connectivity index (χ1n) is 12.4. The topological polar surface area (TPSA) is 180 Å². The van der Waals surface area contributed by atoms with Crippen molar-refractivity contribution in [2.24, 2.45) is 0 Å². The van der Waals surface area contributed by atoms with Crippen LogP contribution in [0.3, 0.4) is 0 Å².